The van der Waals surface area contributed by atoms with Gasteiger partial charge < -0.3 is 9.42 Å². The summed E-state index contributed by atoms with van der Waals surface area (Å²) in [5.74, 6) is 0. The molecule has 4 nitrogen and oxygen atoms in total. The van der Waals surface area contributed by atoms with Crippen molar-refractivity contribution in [2.45, 2.75) is 45.2 Å². The molecule has 1 amide bonds. The number of fused-ring (bicyclic) bond motifs is 1. The molecular formula is C17H20N2O2. The van der Waals surface area contributed by atoms with E-state index in [-0.39, 0.29) is 6.04 Å². The number of aromatic nitrogens is 1. The highest BCUT2D eigenvalue weighted by Crippen LogP contribution is 2.27. The quantitative estimate of drug-likeness (QED) is 0.792. The molecule has 0 spiro atoms. The fraction of sp³-hybridized carbons (Fsp3) is 0.412. The predicted molar refractivity (Wildman–Crippen MR) is 79.6 cm³/mol. The molecule has 1 aromatic carbocycles. The summed E-state index contributed by atoms with van der Waals surface area (Å²) in [6.07, 6.45) is 7.30. The van der Waals surface area contributed by atoms with E-state index in [1.165, 1.54) is 42.2 Å². The molecule has 0 radical (unpaired) electrons. The molecule has 21 heavy (non-hydrogen) atoms. The van der Waals surface area contributed by atoms with Crippen molar-refractivity contribution in [2.24, 2.45) is 0 Å². The molecule has 2 aromatic rings. The maximum Gasteiger partial charge on any atom is 0.210 e. The molecule has 0 bridgehead atoms. The second-order valence-electron chi connectivity index (χ2n) is 5.68. The Morgan fingerprint density at radius 3 is 2.81 bits per heavy atom. The first-order chi connectivity index (χ1) is 10.3. The molecule has 0 saturated carbocycles. The molecule has 1 aromatic heterocycles. The number of hydrogen-bond acceptors (Lipinski definition) is 3. The van der Waals surface area contributed by atoms with Crippen LogP contribution in [0, 0.1) is 0 Å². The fourth-order valence-corrected chi connectivity index (χ4v) is 2.98. The van der Waals surface area contributed by atoms with Gasteiger partial charge in [0.15, 0.2) is 0 Å². The second-order valence-corrected chi connectivity index (χ2v) is 5.68. The van der Waals surface area contributed by atoms with Gasteiger partial charge in [-0.25, -0.2) is 0 Å². The molecule has 1 unspecified atom stereocenters. The van der Waals surface area contributed by atoms with Crippen molar-refractivity contribution in [2.75, 3.05) is 0 Å². The van der Waals surface area contributed by atoms with E-state index in [1.807, 2.05) is 0 Å². The lowest BCUT2D eigenvalue weighted by molar-refractivity contribution is -0.120. The van der Waals surface area contributed by atoms with Crippen molar-refractivity contribution in [3.05, 3.63) is 52.9 Å². The van der Waals surface area contributed by atoms with Gasteiger partial charge >= 0.3 is 0 Å². The van der Waals surface area contributed by atoms with E-state index in [0.29, 0.717) is 6.54 Å². The second kappa shape index (κ2) is 6.12. The molecule has 0 fully saturated rings. The number of aryl methyl sites for hydroxylation is 2. The van der Waals surface area contributed by atoms with E-state index in [4.69, 9.17) is 4.52 Å². The lowest BCUT2D eigenvalue weighted by Gasteiger charge is -2.26. The van der Waals surface area contributed by atoms with Gasteiger partial charge in [-0.3, -0.25) is 4.79 Å². The number of carbonyl (C=O) groups is 1. The van der Waals surface area contributed by atoms with Gasteiger partial charge in [-0.15, -0.1) is 0 Å². The molecule has 1 atom stereocenters. The Labute approximate surface area is 124 Å². The molecule has 1 aliphatic rings. The van der Waals surface area contributed by atoms with Gasteiger partial charge in [0.05, 0.1) is 12.6 Å². The Bertz CT molecular complexity index is 607. The van der Waals surface area contributed by atoms with Crippen LogP contribution in [0.1, 0.15) is 48.2 Å². The van der Waals surface area contributed by atoms with E-state index in [2.05, 4.69) is 30.3 Å². The first-order valence-electron chi connectivity index (χ1n) is 7.50. The van der Waals surface area contributed by atoms with Crippen LogP contribution in [0.15, 0.2) is 35.1 Å². The number of nitrogens with zero attached hydrogens (tertiary/aromatic N) is 2. The monoisotopic (exact) mass is 284 g/mol. The number of hydrogen-bond donors (Lipinski definition) is 0. The highest BCUT2D eigenvalue weighted by Gasteiger charge is 2.18. The summed E-state index contributed by atoms with van der Waals surface area (Å²) in [6.45, 7) is 2.53. The molecule has 3 rings (SSSR count). The third-order valence-electron chi connectivity index (χ3n) is 4.32. The number of carbonyl (C=O) groups excluding carboxylic acids is 1. The Kier molecular flexibility index (Phi) is 4.04. The lowest BCUT2D eigenvalue weighted by atomic mass is 9.89. The van der Waals surface area contributed by atoms with Gasteiger partial charge in [0, 0.05) is 6.07 Å². The molecule has 1 heterocycles. The average molecular weight is 284 g/mol. The molecule has 0 saturated heterocycles. The third kappa shape index (κ3) is 2.99. The Morgan fingerprint density at radius 2 is 2.10 bits per heavy atom. The topological polar surface area (TPSA) is 46.3 Å². The van der Waals surface area contributed by atoms with Gasteiger partial charge in [-0.1, -0.05) is 23.4 Å². The number of amides is 1. The summed E-state index contributed by atoms with van der Waals surface area (Å²) >= 11 is 0. The summed E-state index contributed by atoms with van der Waals surface area (Å²) in [5.41, 5.74) is 4.86. The summed E-state index contributed by atoms with van der Waals surface area (Å²) in [6, 6.07) is 8.45. The van der Waals surface area contributed by atoms with Crippen LogP contribution in [0.2, 0.25) is 0 Å². The summed E-state index contributed by atoms with van der Waals surface area (Å²) in [5, 5.41) is 3.87. The minimum atomic E-state index is 0.0337. The van der Waals surface area contributed by atoms with Crippen LogP contribution < -0.4 is 0 Å². The zero-order valence-electron chi connectivity index (χ0n) is 12.3. The Balaban J connectivity index is 1.79. The van der Waals surface area contributed by atoms with Crippen LogP contribution in [-0.2, 0) is 24.2 Å². The van der Waals surface area contributed by atoms with Crippen molar-refractivity contribution in [3.63, 3.8) is 0 Å². The van der Waals surface area contributed by atoms with Crippen molar-refractivity contribution in [1.29, 1.82) is 0 Å². The molecule has 110 valence electrons. The van der Waals surface area contributed by atoms with Crippen LogP contribution in [0.4, 0.5) is 0 Å². The van der Waals surface area contributed by atoms with Crippen LogP contribution >= 0.6 is 0 Å². The van der Waals surface area contributed by atoms with E-state index >= 15 is 0 Å². The van der Waals surface area contributed by atoms with Gasteiger partial charge in [-0.2, -0.15) is 0 Å². The zero-order valence-corrected chi connectivity index (χ0v) is 12.3. The predicted octanol–water partition coefficient (Wildman–Crippen LogP) is 3.27. The lowest BCUT2D eigenvalue weighted by Crippen LogP contribution is -2.25. The standard InChI is InChI=1S/C17H20N2O2/c1-13(19(12-20)11-17-8-9-21-18-17)15-7-6-14-4-2-3-5-16(14)10-15/h6-10,12-13H,2-5,11H2,1H3. The van der Waals surface area contributed by atoms with Gasteiger partial charge in [0.2, 0.25) is 6.41 Å². The van der Waals surface area contributed by atoms with Crippen LogP contribution in [0.25, 0.3) is 0 Å². The SMILES string of the molecule is CC(c1ccc2c(c1)CCCC2)N(C=O)Cc1ccon1. The van der Waals surface area contributed by atoms with Crippen molar-refractivity contribution in [3.8, 4) is 0 Å². The van der Waals surface area contributed by atoms with Crippen molar-refractivity contribution in [1.82, 2.24) is 10.1 Å². The first kappa shape index (κ1) is 13.9. The minimum absolute atomic E-state index is 0.0337. The molecule has 0 aliphatic heterocycles. The van der Waals surface area contributed by atoms with E-state index in [1.54, 1.807) is 11.0 Å². The zero-order chi connectivity index (χ0) is 14.7. The van der Waals surface area contributed by atoms with E-state index < -0.39 is 0 Å². The van der Waals surface area contributed by atoms with E-state index in [9.17, 15) is 4.79 Å². The van der Waals surface area contributed by atoms with Crippen LogP contribution in [-0.4, -0.2) is 16.5 Å². The largest absolute Gasteiger partial charge is 0.364 e. The average Bonchev–Trinajstić information content (AvgIpc) is 3.04. The van der Waals surface area contributed by atoms with Crippen molar-refractivity contribution >= 4 is 6.41 Å². The Morgan fingerprint density at radius 1 is 1.29 bits per heavy atom. The molecular weight excluding hydrogens is 264 g/mol. The third-order valence-corrected chi connectivity index (χ3v) is 4.32. The number of benzene rings is 1. The van der Waals surface area contributed by atoms with Gasteiger partial charge in [0.25, 0.3) is 0 Å². The first-order valence-corrected chi connectivity index (χ1v) is 7.50. The molecule has 1 aliphatic carbocycles. The summed E-state index contributed by atoms with van der Waals surface area (Å²) in [4.78, 5) is 13.2. The fourth-order valence-electron chi connectivity index (χ4n) is 2.98. The maximum atomic E-state index is 11.4. The van der Waals surface area contributed by atoms with Crippen molar-refractivity contribution < 1.29 is 9.32 Å². The normalized spacial score (nSPS) is 15.3. The molecule has 4 heteroatoms. The highest BCUT2D eigenvalue weighted by molar-refractivity contribution is 5.49. The van der Waals surface area contributed by atoms with Crippen LogP contribution in [0.3, 0.4) is 0 Å². The van der Waals surface area contributed by atoms with Gasteiger partial charge in [-0.05, 0) is 49.3 Å². The minimum Gasteiger partial charge on any atom is -0.364 e. The summed E-state index contributed by atoms with van der Waals surface area (Å²) < 4.78 is 4.83. The highest BCUT2D eigenvalue weighted by atomic mass is 16.5. The van der Waals surface area contributed by atoms with Crippen LogP contribution in [0.5, 0.6) is 0 Å². The van der Waals surface area contributed by atoms with E-state index in [0.717, 1.165) is 18.5 Å². The molecule has 0 N–H and O–H groups in total. The van der Waals surface area contributed by atoms with Gasteiger partial charge in [0.1, 0.15) is 12.0 Å². The maximum absolute atomic E-state index is 11.4. The smallest absolute Gasteiger partial charge is 0.210 e. The number of rotatable bonds is 5. The Hall–Kier alpha value is -2.10. The summed E-state index contributed by atoms with van der Waals surface area (Å²) in [7, 11) is 0.